The number of thioether (sulfide) groups is 1. The monoisotopic (exact) mass is 428 g/mol. The van der Waals surface area contributed by atoms with Gasteiger partial charge in [0.2, 0.25) is 0 Å². The van der Waals surface area contributed by atoms with Crippen molar-refractivity contribution in [2.45, 2.75) is 0 Å². The van der Waals surface area contributed by atoms with Crippen molar-refractivity contribution in [1.29, 1.82) is 0 Å². The number of para-hydroxylation sites is 2. The maximum absolute atomic E-state index is 12.7. The van der Waals surface area contributed by atoms with Crippen LogP contribution in [0.25, 0.3) is 17.1 Å². The molecule has 2 aromatic carbocycles. The van der Waals surface area contributed by atoms with Crippen LogP contribution in [0.4, 0.5) is 0 Å². The highest BCUT2D eigenvalue weighted by atomic mass is 35.5. The summed E-state index contributed by atoms with van der Waals surface area (Å²) in [5.41, 5.74) is 4.71. The number of benzene rings is 2. The van der Waals surface area contributed by atoms with Crippen LogP contribution in [0.2, 0.25) is 5.02 Å². The SMILES string of the molecule is Cn1c(C=C2SC(=S)N(NC(=O)c3ccc(Cl)cc3)C2=O)nc2ccccc21. The second-order valence-electron chi connectivity index (χ2n) is 5.98. The van der Waals surface area contributed by atoms with Crippen molar-refractivity contribution >= 4 is 68.8 Å². The average molecular weight is 429 g/mol. The molecule has 1 aliphatic rings. The van der Waals surface area contributed by atoms with Gasteiger partial charge in [-0.05, 0) is 48.6 Å². The van der Waals surface area contributed by atoms with Gasteiger partial charge in [0, 0.05) is 23.7 Å². The first-order valence-corrected chi connectivity index (χ1v) is 9.80. The van der Waals surface area contributed by atoms with Crippen LogP contribution in [0.1, 0.15) is 16.2 Å². The highest BCUT2D eigenvalue weighted by Crippen LogP contribution is 2.31. The molecule has 140 valence electrons. The molecule has 1 aliphatic heterocycles. The third-order valence-corrected chi connectivity index (χ3v) is 5.75. The van der Waals surface area contributed by atoms with E-state index >= 15 is 0 Å². The number of carbonyl (C=O) groups is 2. The number of carbonyl (C=O) groups excluding carboxylic acids is 2. The minimum absolute atomic E-state index is 0.248. The van der Waals surface area contributed by atoms with Gasteiger partial charge in [0.1, 0.15) is 5.82 Å². The number of fused-ring (bicyclic) bond motifs is 1. The maximum atomic E-state index is 12.7. The minimum Gasteiger partial charge on any atom is -0.328 e. The van der Waals surface area contributed by atoms with Crippen molar-refractivity contribution in [2.24, 2.45) is 7.05 Å². The highest BCUT2D eigenvalue weighted by molar-refractivity contribution is 8.26. The number of amides is 2. The fourth-order valence-electron chi connectivity index (χ4n) is 2.74. The Bertz CT molecular complexity index is 1150. The summed E-state index contributed by atoms with van der Waals surface area (Å²) in [5.74, 6) is -0.216. The summed E-state index contributed by atoms with van der Waals surface area (Å²) in [7, 11) is 1.88. The molecule has 0 saturated carbocycles. The van der Waals surface area contributed by atoms with Crippen LogP contribution in [-0.4, -0.2) is 30.7 Å². The zero-order chi connectivity index (χ0) is 19.8. The lowest BCUT2D eigenvalue weighted by Gasteiger charge is -2.15. The Morgan fingerprint density at radius 1 is 1.21 bits per heavy atom. The van der Waals surface area contributed by atoms with Crippen LogP contribution in [0.15, 0.2) is 53.4 Å². The van der Waals surface area contributed by atoms with Crippen molar-refractivity contribution in [2.75, 3.05) is 0 Å². The number of hydrogen-bond acceptors (Lipinski definition) is 5. The van der Waals surface area contributed by atoms with E-state index in [9.17, 15) is 9.59 Å². The van der Waals surface area contributed by atoms with E-state index in [-0.39, 0.29) is 4.32 Å². The lowest BCUT2D eigenvalue weighted by atomic mass is 10.2. The standard InChI is InChI=1S/C19H13ClN4O2S2/c1-23-14-5-3-2-4-13(14)21-16(23)10-15-18(26)24(19(27)28-15)22-17(25)11-6-8-12(20)9-7-11/h2-10H,1H3,(H,22,25). The summed E-state index contributed by atoms with van der Waals surface area (Å²) < 4.78 is 2.14. The van der Waals surface area contributed by atoms with Gasteiger partial charge in [0.25, 0.3) is 11.8 Å². The quantitative estimate of drug-likeness (QED) is 0.508. The van der Waals surface area contributed by atoms with E-state index in [1.807, 2.05) is 35.9 Å². The predicted molar refractivity (Wildman–Crippen MR) is 115 cm³/mol. The third kappa shape index (κ3) is 3.42. The number of halogens is 1. The molecule has 0 aliphatic carbocycles. The van der Waals surface area contributed by atoms with Gasteiger partial charge in [-0.2, -0.15) is 5.01 Å². The molecular formula is C19H13ClN4O2S2. The largest absolute Gasteiger partial charge is 0.328 e. The Morgan fingerprint density at radius 3 is 2.64 bits per heavy atom. The van der Waals surface area contributed by atoms with E-state index in [2.05, 4.69) is 10.4 Å². The number of thiocarbonyl (C=S) groups is 1. The van der Waals surface area contributed by atoms with Crippen LogP contribution in [0.3, 0.4) is 0 Å². The second kappa shape index (κ2) is 7.38. The summed E-state index contributed by atoms with van der Waals surface area (Å²) in [4.78, 5) is 30.1. The van der Waals surface area contributed by atoms with Gasteiger partial charge in [0.15, 0.2) is 4.32 Å². The van der Waals surface area contributed by atoms with Crippen LogP contribution in [-0.2, 0) is 11.8 Å². The Hall–Kier alpha value is -2.68. The highest BCUT2D eigenvalue weighted by Gasteiger charge is 2.34. The molecule has 1 N–H and O–H groups in total. The Kier molecular flexibility index (Phi) is 4.92. The molecule has 2 amide bonds. The topological polar surface area (TPSA) is 67.2 Å². The Morgan fingerprint density at radius 2 is 1.93 bits per heavy atom. The Balaban J connectivity index is 1.58. The fraction of sp³-hybridized carbons (Fsp3) is 0.0526. The van der Waals surface area contributed by atoms with Gasteiger partial charge in [-0.15, -0.1) is 0 Å². The number of aryl methyl sites for hydroxylation is 1. The molecule has 0 spiro atoms. The van der Waals surface area contributed by atoms with Gasteiger partial charge < -0.3 is 4.57 Å². The van der Waals surface area contributed by atoms with Crippen molar-refractivity contribution < 1.29 is 9.59 Å². The van der Waals surface area contributed by atoms with E-state index in [4.69, 9.17) is 23.8 Å². The van der Waals surface area contributed by atoms with Crippen LogP contribution >= 0.6 is 35.6 Å². The van der Waals surface area contributed by atoms with Gasteiger partial charge in [-0.3, -0.25) is 15.0 Å². The van der Waals surface area contributed by atoms with E-state index in [1.54, 1.807) is 30.3 Å². The predicted octanol–water partition coefficient (Wildman–Crippen LogP) is 3.77. The molecule has 4 rings (SSSR count). The summed E-state index contributed by atoms with van der Waals surface area (Å²) >= 11 is 12.2. The van der Waals surface area contributed by atoms with E-state index in [0.29, 0.717) is 21.3 Å². The van der Waals surface area contributed by atoms with Gasteiger partial charge in [-0.1, -0.05) is 35.5 Å². The first-order chi connectivity index (χ1) is 13.4. The number of hydrazine groups is 1. The summed E-state index contributed by atoms with van der Waals surface area (Å²) in [6.45, 7) is 0. The maximum Gasteiger partial charge on any atom is 0.285 e. The molecule has 0 unspecified atom stereocenters. The molecule has 9 heteroatoms. The number of nitrogens with zero attached hydrogens (tertiary/aromatic N) is 3. The number of rotatable bonds is 3. The average Bonchev–Trinajstić information content (AvgIpc) is 3.14. The molecule has 1 aromatic heterocycles. The number of hydrogen-bond donors (Lipinski definition) is 1. The van der Waals surface area contributed by atoms with Crippen molar-refractivity contribution in [3.8, 4) is 0 Å². The molecule has 0 radical (unpaired) electrons. The van der Waals surface area contributed by atoms with Gasteiger partial charge in [0.05, 0.1) is 15.9 Å². The molecule has 0 bridgehead atoms. The smallest absolute Gasteiger partial charge is 0.285 e. The number of nitrogens with one attached hydrogen (secondary N) is 1. The number of aromatic nitrogens is 2. The van der Waals surface area contributed by atoms with Crippen LogP contribution < -0.4 is 5.43 Å². The molecular weight excluding hydrogens is 416 g/mol. The molecule has 6 nitrogen and oxygen atoms in total. The van der Waals surface area contributed by atoms with E-state index < -0.39 is 11.8 Å². The van der Waals surface area contributed by atoms with Gasteiger partial charge >= 0.3 is 0 Å². The number of imidazole rings is 1. The third-order valence-electron chi connectivity index (χ3n) is 4.20. The normalized spacial score (nSPS) is 15.6. The van der Waals surface area contributed by atoms with E-state index in [1.165, 1.54) is 0 Å². The van der Waals surface area contributed by atoms with Crippen LogP contribution in [0, 0.1) is 0 Å². The summed E-state index contributed by atoms with van der Waals surface area (Å²) in [6.07, 6.45) is 1.67. The molecule has 1 saturated heterocycles. The molecule has 0 atom stereocenters. The minimum atomic E-state index is -0.447. The van der Waals surface area contributed by atoms with Crippen molar-refractivity contribution in [3.63, 3.8) is 0 Å². The second-order valence-corrected chi connectivity index (χ2v) is 8.09. The lowest BCUT2D eigenvalue weighted by molar-refractivity contribution is -0.123. The zero-order valence-electron chi connectivity index (χ0n) is 14.5. The Labute approximate surface area is 175 Å². The van der Waals surface area contributed by atoms with Crippen LogP contribution in [0.5, 0.6) is 0 Å². The molecule has 2 heterocycles. The summed E-state index contributed by atoms with van der Waals surface area (Å²) in [6, 6.07) is 14.1. The van der Waals surface area contributed by atoms with E-state index in [0.717, 1.165) is 27.8 Å². The first kappa shape index (κ1) is 18.7. The zero-order valence-corrected chi connectivity index (χ0v) is 16.9. The molecule has 3 aromatic rings. The molecule has 28 heavy (non-hydrogen) atoms. The van der Waals surface area contributed by atoms with Gasteiger partial charge in [-0.25, -0.2) is 4.98 Å². The van der Waals surface area contributed by atoms with Crippen molar-refractivity contribution in [1.82, 2.24) is 20.0 Å². The van der Waals surface area contributed by atoms with Crippen molar-refractivity contribution in [3.05, 3.63) is 69.8 Å². The fourth-order valence-corrected chi connectivity index (χ4v) is 4.02. The lowest BCUT2D eigenvalue weighted by Crippen LogP contribution is -2.44. The molecule has 1 fully saturated rings. The summed E-state index contributed by atoms with van der Waals surface area (Å²) in [5, 5.41) is 1.60. The first-order valence-electron chi connectivity index (χ1n) is 8.20.